The van der Waals surface area contributed by atoms with Gasteiger partial charge in [0.1, 0.15) is 0 Å². The van der Waals surface area contributed by atoms with Gasteiger partial charge in [-0.25, -0.2) is 4.79 Å². The maximum absolute atomic E-state index is 13.0. The number of carboxylic acid groups (broad SMARTS) is 1. The Morgan fingerprint density at radius 3 is 2.59 bits per heavy atom. The zero-order chi connectivity index (χ0) is 13.2. The van der Waals surface area contributed by atoms with Crippen molar-refractivity contribution in [2.45, 2.75) is 12.3 Å². The maximum Gasteiger partial charge on any atom is 0.374 e. The molecule has 0 aliphatic rings. The van der Waals surface area contributed by atoms with Crippen LogP contribution in [0.15, 0.2) is 12.1 Å². The van der Waals surface area contributed by atoms with Crippen molar-refractivity contribution in [3.63, 3.8) is 0 Å². The third kappa shape index (κ3) is 2.97. The van der Waals surface area contributed by atoms with Crippen LogP contribution in [0.4, 0.5) is 8.78 Å². The number of carboxylic acids is 1. The first kappa shape index (κ1) is 13.5. The fourth-order valence-electron chi connectivity index (χ4n) is 1.23. The summed E-state index contributed by atoms with van der Waals surface area (Å²) in [6.45, 7) is 0. The number of aliphatic carboxylic acids is 1. The second kappa shape index (κ2) is 4.75. The number of carbonyl (C=O) groups is 1. The van der Waals surface area contributed by atoms with Gasteiger partial charge in [-0.1, -0.05) is 11.6 Å². The predicted molar refractivity (Wildman–Crippen MR) is 56.0 cm³/mol. The fourth-order valence-corrected chi connectivity index (χ4v) is 1.46. The SMILES string of the molecule is COc1cc(Cl)cc(CC(F)(F)C(=O)O)c1O. The molecule has 1 aromatic rings. The Bertz CT molecular complexity index is 448. The molecule has 0 radical (unpaired) electrons. The summed E-state index contributed by atoms with van der Waals surface area (Å²) in [6.07, 6.45) is -1.16. The summed E-state index contributed by atoms with van der Waals surface area (Å²) in [6, 6.07) is 2.30. The summed E-state index contributed by atoms with van der Waals surface area (Å²) < 4.78 is 30.7. The van der Waals surface area contributed by atoms with E-state index in [4.69, 9.17) is 21.4 Å². The van der Waals surface area contributed by atoms with E-state index < -0.39 is 24.1 Å². The summed E-state index contributed by atoms with van der Waals surface area (Å²) in [7, 11) is 1.23. The molecule has 0 fully saturated rings. The maximum atomic E-state index is 13.0. The monoisotopic (exact) mass is 266 g/mol. The van der Waals surface area contributed by atoms with E-state index in [1.54, 1.807) is 0 Å². The minimum Gasteiger partial charge on any atom is -0.504 e. The van der Waals surface area contributed by atoms with Crippen molar-refractivity contribution in [1.29, 1.82) is 0 Å². The van der Waals surface area contributed by atoms with Crippen molar-refractivity contribution >= 4 is 17.6 Å². The highest BCUT2D eigenvalue weighted by Gasteiger charge is 2.40. The van der Waals surface area contributed by atoms with E-state index in [1.807, 2.05) is 0 Å². The second-order valence-electron chi connectivity index (χ2n) is 3.30. The van der Waals surface area contributed by atoms with Gasteiger partial charge in [0.05, 0.1) is 13.5 Å². The third-order valence-corrected chi connectivity index (χ3v) is 2.28. The Morgan fingerprint density at radius 2 is 2.12 bits per heavy atom. The number of aromatic hydroxyl groups is 1. The van der Waals surface area contributed by atoms with Gasteiger partial charge in [0, 0.05) is 16.7 Å². The van der Waals surface area contributed by atoms with E-state index in [-0.39, 0.29) is 16.3 Å². The fraction of sp³-hybridized carbons (Fsp3) is 0.300. The molecule has 0 saturated carbocycles. The molecule has 0 atom stereocenters. The summed E-state index contributed by atoms with van der Waals surface area (Å²) in [5.74, 6) is -6.88. The predicted octanol–water partition coefficient (Wildman–Crippen LogP) is 2.32. The lowest BCUT2D eigenvalue weighted by Crippen LogP contribution is -2.30. The number of phenolic OH excluding ortho intramolecular Hbond substituents is 1. The van der Waals surface area contributed by atoms with Crippen LogP contribution in [-0.2, 0) is 11.2 Å². The molecular formula is C10H9ClF2O4. The summed E-state index contributed by atoms with van der Waals surface area (Å²) >= 11 is 5.63. The molecule has 0 amide bonds. The standard InChI is InChI=1S/C10H9ClF2O4/c1-17-7-3-6(11)2-5(8(7)14)4-10(12,13)9(15)16/h2-3,14H,4H2,1H3,(H,15,16). The lowest BCUT2D eigenvalue weighted by Gasteiger charge is -2.14. The van der Waals surface area contributed by atoms with Crippen molar-refractivity contribution in [1.82, 2.24) is 0 Å². The van der Waals surface area contributed by atoms with Crippen molar-refractivity contribution < 1.29 is 28.5 Å². The first-order chi connectivity index (χ1) is 7.77. The molecule has 17 heavy (non-hydrogen) atoms. The average Bonchev–Trinajstić information content (AvgIpc) is 2.22. The Balaban J connectivity index is 3.15. The highest BCUT2D eigenvalue weighted by atomic mass is 35.5. The van der Waals surface area contributed by atoms with Gasteiger partial charge in [-0.3, -0.25) is 0 Å². The molecule has 0 aromatic heterocycles. The highest BCUT2D eigenvalue weighted by Crippen LogP contribution is 2.36. The first-order valence-corrected chi connectivity index (χ1v) is 4.82. The molecule has 94 valence electrons. The normalized spacial score (nSPS) is 11.3. The van der Waals surface area contributed by atoms with Crippen molar-refractivity contribution in [3.8, 4) is 11.5 Å². The van der Waals surface area contributed by atoms with Crippen LogP contribution >= 0.6 is 11.6 Å². The Kier molecular flexibility index (Phi) is 3.77. The summed E-state index contributed by atoms with van der Waals surface area (Å²) in [4.78, 5) is 10.3. The van der Waals surface area contributed by atoms with Crippen LogP contribution in [0.3, 0.4) is 0 Å². The van der Waals surface area contributed by atoms with Crippen molar-refractivity contribution in [2.75, 3.05) is 7.11 Å². The van der Waals surface area contributed by atoms with Gasteiger partial charge >= 0.3 is 11.9 Å². The van der Waals surface area contributed by atoms with Crippen LogP contribution in [0.1, 0.15) is 5.56 Å². The number of phenols is 1. The molecule has 0 saturated heterocycles. The lowest BCUT2D eigenvalue weighted by molar-refractivity contribution is -0.164. The van der Waals surface area contributed by atoms with Gasteiger partial charge in [0.2, 0.25) is 0 Å². The molecule has 7 heteroatoms. The molecule has 1 rings (SSSR count). The van der Waals surface area contributed by atoms with Gasteiger partial charge in [-0.15, -0.1) is 0 Å². The number of methoxy groups -OCH3 is 1. The van der Waals surface area contributed by atoms with E-state index in [0.717, 1.165) is 6.07 Å². The van der Waals surface area contributed by atoms with E-state index in [2.05, 4.69) is 0 Å². The largest absolute Gasteiger partial charge is 0.504 e. The van der Waals surface area contributed by atoms with E-state index >= 15 is 0 Å². The van der Waals surface area contributed by atoms with Gasteiger partial charge in [-0.2, -0.15) is 8.78 Å². The Hall–Kier alpha value is -1.56. The zero-order valence-corrected chi connectivity index (χ0v) is 9.46. The highest BCUT2D eigenvalue weighted by molar-refractivity contribution is 6.30. The van der Waals surface area contributed by atoms with Gasteiger partial charge in [0.15, 0.2) is 11.5 Å². The van der Waals surface area contributed by atoms with Crippen LogP contribution in [0.25, 0.3) is 0 Å². The van der Waals surface area contributed by atoms with Crippen LogP contribution in [0.2, 0.25) is 5.02 Å². The first-order valence-electron chi connectivity index (χ1n) is 4.44. The number of benzene rings is 1. The van der Waals surface area contributed by atoms with Crippen LogP contribution in [0.5, 0.6) is 11.5 Å². The molecule has 0 aliphatic heterocycles. The van der Waals surface area contributed by atoms with Gasteiger partial charge in [0.25, 0.3) is 0 Å². The van der Waals surface area contributed by atoms with E-state index in [0.29, 0.717) is 0 Å². The molecule has 0 aliphatic carbocycles. The van der Waals surface area contributed by atoms with Crippen LogP contribution in [-0.4, -0.2) is 29.2 Å². The second-order valence-corrected chi connectivity index (χ2v) is 3.74. The van der Waals surface area contributed by atoms with E-state index in [9.17, 15) is 18.7 Å². The van der Waals surface area contributed by atoms with Crippen molar-refractivity contribution in [2.24, 2.45) is 0 Å². The number of hydrogen-bond acceptors (Lipinski definition) is 3. The zero-order valence-electron chi connectivity index (χ0n) is 8.71. The minimum absolute atomic E-state index is 0.0656. The number of ether oxygens (including phenoxy) is 1. The average molecular weight is 267 g/mol. The molecule has 0 bridgehead atoms. The lowest BCUT2D eigenvalue weighted by atomic mass is 10.1. The van der Waals surface area contributed by atoms with Crippen LogP contribution in [0, 0.1) is 0 Å². The smallest absolute Gasteiger partial charge is 0.374 e. The molecule has 2 N–H and O–H groups in total. The van der Waals surface area contributed by atoms with E-state index in [1.165, 1.54) is 13.2 Å². The minimum atomic E-state index is -3.98. The molecule has 1 aromatic carbocycles. The summed E-state index contributed by atoms with van der Waals surface area (Å²) in [5, 5.41) is 17.9. The molecule has 0 unspecified atom stereocenters. The Labute approximate surface area is 100 Å². The van der Waals surface area contributed by atoms with Crippen LogP contribution < -0.4 is 4.74 Å². The van der Waals surface area contributed by atoms with Crippen molar-refractivity contribution in [3.05, 3.63) is 22.7 Å². The number of hydrogen-bond donors (Lipinski definition) is 2. The quantitative estimate of drug-likeness (QED) is 0.878. The number of halogens is 3. The van der Waals surface area contributed by atoms with Gasteiger partial charge < -0.3 is 14.9 Å². The molecular weight excluding hydrogens is 258 g/mol. The summed E-state index contributed by atoms with van der Waals surface area (Å²) in [5.41, 5.74) is -0.290. The molecule has 0 spiro atoms. The number of alkyl halides is 2. The number of rotatable bonds is 4. The topological polar surface area (TPSA) is 66.8 Å². The third-order valence-electron chi connectivity index (χ3n) is 2.06. The molecule has 0 heterocycles. The van der Waals surface area contributed by atoms with Gasteiger partial charge in [-0.05, 0) is 6.07 Å². The Morgan fingerprint density at radius 1 is 1.53 bits per heavy atom. The molecule has 4 nitrogen and oxygen atoms in total.